The number of rotatable bonds is 5. The Morgan fingerprint density at radius 2 is 2.09 bits per heavy atom. The highest BCUT2D eigenvalue weighted by Gasteiger charge is 2.08. The van der Waals surface area contributed by atoms with Gasteiger partial charge in [-0.05, 0) is 12.8 Å². The second kappa shape index (κ2) is 5.56. The van der Waals surface area contributed by atoms with Crippen LogP contribution in [0.1, 0.15) is 27.2 Å². The molecule has 3 heteroatoms. The zero-order chi connectivity index (χ0) is 8.85. The Morgan fingerprint density at radius 3 is 2.45 bits per heavy atom. The first-order chi connectivity index (χ1) is 5.04. The minimum atomic E-state index is -0.269. The van der Waals surface area contributed by atoms with Crippen LogP contribution in [0.3, 0.4) is 0 Å². The molecule has 0 bridgehead atoms. The second-order valence-corrected chi connectivity index (χ2v) is 3.35. The lowest BCUT2D eigenvalue weighted by molar-refractivity contribution is -0.118. The van der Waals surface area contributed by atoms with Gasteiger partial charge < -0.3 is 4.74 Å². The van der Waals surface area contributed by atoms with Crippen LogP contribution in [-0.4, -0.2) is 18.0 Å². The molecule has 2 nitrogen and oxygen atoms in total. The first-order valence-electron chi connectivity index (χ1n) is 3.79. The molecule has 1 unspecified atom stereocenters. The highest BCUT2D eigenvalue weighted by atomic mass is 35.5. The fraction of sp³-hybridized carbons (Fsp3) is 0.875. The summed E-state index contributed by atoms with van der Waals surface area (Å²) >= 11 is 5.77. The first kappa shape index (κ1) is 10.9. The predicted octanol–water partition coefficient (Wildman–Crippen LogP) is 2.20. The maximum absolute atomic E-state index is 10.5. The van der Waals surface area contributed by atoms with Crippen LogP contribution >= 0.6 is 11.6 Å². The summed E-state index contributed by atoms with van der Waals surface area (Å²) in [5.74, 6) is 0.432. The second-order valence-electron chi connectivity index (χ2n) is 2.92. The minimum absolute atomic E-state index is 0.137. The van der Waals surface area contributed by atoms with Gasteiger partial charge in [0.05, 0.1) is 6.61 Å². The van der Waals surface area contributed by atoms with Crippen LogP contribution in [-0.2, 0) is 9.53 Å². The van der Waals surface area contributed by atoms with Crippen molar-refractivity contribution in [2.75, 3.05) is 6.61 Å². The lowest BCUT2D eigenvalue weighted by Crippen LogP contribution is -2.14. The number of hydrogen-bond acceptors (Lipinski definition) is 2. The largest absolute Gasteiger partial charge is 0.362 e. The van der Waals surface area contributed by atoms with Gasteiger partial charge in [-0.15, -0.1) is 0 Å². The number of carbonyl (C=O) groups excluding carboxylic acids is 1. The number of hydrogen-bond donors (Lipinski definition) is 0. The van der Waals surface area contributed by atoms with Crippen LogP contribution in [0.15, 0.2) is 0 Å². The molecular formula is C8H15ClO2. The van der Waals surface area contributed by atoms with Crippen LogP contribution in [0, 0.1) is 5.92 Å². The SMILES string of the molecule is CC(=O)CCOC(Cl)C(C)C. The van der Waals surface area contributed by atoms with Gasteiger partial charge in [0.1, 0.15) is 11.3 Å². The standard InChI is InChI=1S/C8H15ClO2/c1-6(2)8(9)11-5-4-7(3)10/h6,8H,4-5H2,1-3H3. The Bertz CT molecular complexity index is 123. The van der Waals surface area contributed by atoms with Crippen LogP contribution in [0.4, 0.5) is 0 Å². The monoisotopic (exact) mass is 178 g/mol. The molecule has 0 aromatic carbocycles. The summed E-state index contributed by atoms with van der Waals surface area (Å²) < 4.78 is 5.16. The van der Waals surface area contributed by atoms with E-state index < -0.39 is 0 Å². The number of alkyl halides is 1. The molecule has 66 valence electrons. The Labute approximate surface area is 72.9 Å². The van der Waals surface area contributed by atoms with Gasteiger partial charge in [0.2, 0.25) is 0 Å². The van der Waals surface area contributed by atoms with Crippen molar-refractivity contribution in [2.45, 2.75) is 32.8 Å². The molecule has 0 saturated carbocycles. The van der Waals surface area contributed by atoms with Crippen molar-refractivity contribution in [3.05, 3.63) is 0 Å². The average Bonchev–Trinajstić information content (AvgIpc) is 1.86. The zero-order valence-corrected chi connectivity index (χ0v) is 8.02. The Kier molecular flexibility index (Phi) is 5.51. The lowest BCUT2D eigenvalue weighted by atomic mass is 10.2. The van der Waals surface area contributed by atoms with E-state index in [2.05, 4.69) is 0 Å². The number of halogens is 1. The average molecular weight is 179 g/mol. The summed E-state index contributed by atoms with van der Waals surface area (Å²) in [5.41, 5.74) is -0.269. The van der Waals surface area contributed by atoms with E-state index in [1.54, 1.807) is 6.92 Å². The maximum atomic E-state index is 10.5. The molecule has 0 N–H and O–H groups in total. The molecule has 0 fully saturated rings. The maximum Gasteiger partial charge on any atom is 0.133 e. The normalized spacial score (nSPS) is 13.5. The number of ketones is 1. The van der Waals surface area contributed by atoms with E-state index in [0.29, 0.717) is 18.9 Å². The van der Waals surface area contributed by atoms with Gasteiger partial charge in [-0.25, -0.2) is 0 Å². The van der Waals surface area contributed by atoms with Crippen LogP contribution in [0.2, 0.25) is 0 Å². The Morgan fingerprint density at radius 1 is 1.55 bits per heavy atom. The van der Waals surface area contributed by atoms with E-state index in [1.165, 1.54) is 0 Å². The molecule has 0 saturated heterocycles. The van der Waals surface area contributed by atoms with Crippen molar-refractivity contribution in [3.63, 3.8) is 0 Å². The third-order valence-corrected chi connectivity index (χ3v) is 1.89. The van der Waals surface area contributed by atoms with Crippen molar-refractivity contribution in [2.24, 2.45) is 5.92 Å². The van der Waals surface area contributed by atoms with E-state index in [0.717, 1.165) is 0 Å². The fourth-order valence-corrected chi connectivity index (χ4v) is 0.597. The van der Waals surface area contributed by atoms with E-state index in [4.69, 9.17) is 16.3 Å². The van der Waals surface area contributed by atoms with Crippen molar-refractivity contribution >= 4 is 17.4 Å². The van der Waals surface area contributed by atoms with Gasteiger partial charge in [-0.2, -0.15) is 0 Å². The molecule has 0 aliphatic heterocycles. The van der Waals surface area contributed by atoms with Crippen molar-refractivity contribution < 1.29 is 9.53 Å². The summed E-state index contributed by atoms with van der Waals surface area (Å²) in [6.45, 7) is 5.93. The smallest absolute Gasteiger partial charge is 0.133 e. The van der Waals surface area contributed by atoms with Gasteiger partial charge in [-0.1, -0.05) is 25.4 Å². The predicted molar refractivity (Wildman–Crippen MR) is 45.7 cm³/mol. The topological polar surface area (TPSA) is 26.3 Å². The fourth-order valence-electron chi connectivity index (χ4n) is 0.508. The van der Waals surface area contributed by atoms with E-state index >= 15 is 0 Å². The van der Waals surface area contributed by atoms with Gasteiger partial charge in [0, 0.05) is 6.42 Å². The molecule has 0 amide bonds. The highest BCUT2D eigenvalue weighted by molar-refractivity contribution is 6.19. The molecule has 0 heterocycles. The van der Waals surface area contributed by atoms with Gasteiger partial charge >= 0.3 is 0 Å². The molecule has 1 atom stereocenters. The quantitative estimate of drug-likeness (QED) is 0.604. The van der Waals surface area contributed by atoms with Crippen LogP contribution < -0.4 is 0 Å². The van der Waals surface area contributed by atoms with Gasteiger partial charge in [0.15, 0.2) is 0 Å². The Hall–Kier alpha value is -0.0800. The first-order valence-corrected chi connectivity index (χ1v) is 4.22. The molecule has 0 aliphatic rings. The lowest BCUT2D eigenvalue weighted by Gasteiger charge is -2.13. The molecule has 0 aliphatic carbocycles. The molecule has 0 spiro atoms. The highest BCUT2D eigenvalue weighted by Crippen LogP contribution is 2.10. The number of Topliss-reactive ketones (excluding diaryl/α,β-unsaturated/α-hetero) is 1. The molecule has 0 radical (unpaired) electrons. The Balaban J connectivity index is 3.31. The summed E-state index contributed by atoms with van der Waals surface area (Å²) in [7, 11) is 0. The van der Waals surface area contributed by atoms with E-state index in [-0.39, 0.29) is 11.3 Å². The zero-order valence-electron chi connectivity index (χ0n) is 7.26. The van der Waals surface area contributed by atoms with E-state index in [1.807, 2.05) is 13.8 Å². The van der Waals surface area contributed by atoms with Crippen molar-refractivity contribution in [3.8, 4) is 0 Å². The molecule has 11 heavy (non-hydrogen) atoms. The summed E-state index contributed by atoms with van der Waals surface area (Å²) in [6, 6.07) is 0. The van der Waals surface area contributed by atoms with Crippen molar-refractivity contribution in [1.82, 2.24) is 0 Å². The molecule has 0 aromatic rings. The van der Waals surface area contributed by atoms with Crippen LogP contribution in [0.25, 0.3) is 0 Å². The van der Waals surface area contributed by atoms with Gasteiger partial charge in [-0.3, -0.25) is 4.79 Å². The summed E-state index contributed by atoms with van der Waals surface area (Å²) in [4.78, 5) is 10.5. The number of carbonyl (C=O) groups is 1. The molecule has 0 rings (SSSR count). The third kappa shape index (κ3) is 6.32. The molecular weight excluding hydrogens is 164 g/mol. The van der Waals surface area contributed by atoms with E-state index in [9.17, 15) is 4.79 Å². The van der Waals surface area contributed by atoms with Crippen LogP contribution in [0.5, 0.6) is 0 Å². The van der Waals surface area contributed by atoms with Gasteiger partial charge in [0.25, 0.3) is 0 Å². The third-order valence-electron chi connectivity index (χ3n) is 1.26. The number of ether oxygens (including phenoxy) is 1. The summed E-state index contributed by atoms with van der Waals surface area (Å²) in [5, 5.41) is 0. The van der Waals surface area contributed by atoms with Crippen molar-refractivity contribution in [1.29, 1.82) is 0 Å². The molecule has 0 aromatic heterocycles. The summed E-state index contributed by atoms with van der Waals surface area (Å²) in [6.07, 6.45) is 0.454. The minimum Gasteiger partial charge on any atom is -0.362 e.